The summed E-state index contributed by atoms with van der Waals surface area (Å²) in [4.78, 5) is 21.6. The Bertz CT molecular complexity index is 241. The number of carboxylic acid groups (broad SMARTS) is 2. The summed E-state index contributed by atoms with van der Waals surface area (Å²) in [6, 6.07) is 0. The molecule has 0 saturated carbocycles. The van der Waals surface area contributed by atoms with Crippen molar-refractivity contribution in [3.05, 3.63) is 12.2 Å². The van der Waals surface area contributed by atoms with Crippen LogP contribution in [0.1, 0.15) is 13.3 Å². The third-order valence-corrected chi connectivity index (χ3v) is 2.12. The van der Waals surface area contributed by atoms with E-state index in [9.17, 15) is 9.59 Å². The predicted molar refractivity (Wildman–Crippen MR) is 64.0 cm³/mol. The molecular weight excluding hydrogens is 224 g/mol. The summed E-state index contributed by atoms with van der Waals surface area (Å²) in [5.41, 5.74) is 0. The second-order valence-corrected chi connectivity index (χ2v) is 3.60. The molecule has 0 spiro atoms. The van der Waals surface area contributed by atoms with E-state index in [1.54, 1.807) is 0 Å². The highest BCUT2D eigenvalue weighted by atomic mass is 16.4. The van der Waals surface area contributed by atoms with Gasteiger partial charge in [-0.1, -0.05) is 6.92 Å². The Balaban J connectivity index is 0.000000304. The van der Waals surface area contributed by atoms with Crippen LogP contribution >= 0.6 is 0 Å². The zero-order valence-electron chi connectivity index (χ0n) is 10.1. The fourth-order valence-electron chi connectivity index (χ4n) is 1.39. The van der Waals surface area contributed by atoms with Crippen LogP contribution in [0.25, 0.3) is 0 Å². The SMILES string of the molecule is CCCN1CCNCC1.O=C(O)C=CC(=O)O. The molecule has 98 valence electrons. The molecule has 0 aromatic heterocycles. The van der Waals surface area contributed by atoms with Crippen molar-refractivity contribution >= 4 is 11.9 Å². The van der Waals surface area contributed by atoms with Gasteiger partial charge in [-0.3, -0.25) is 0 Å². The summed E-state index contributed by atoms with van der Waals surface area (Å²) in [6.07, 6.45) is 2.41. The lowest BCUT2D eigenvalue weighted by atomic mass is 10.3. The van der Waals surface area contributed by atoms with Gasteiger partial charge in [0.05, 0.1) is 0 Å². The highest BCUT2D eigenvalue weighted by Crippen LogP contribution is 1.92. The summed E-state index contributed by atoms with van der Waals surface area (Å²) in [5, 5.41) is 19.0. The second kappa shape index (κ2) is 9.80. The molecule has 1 aliphatic rings. The molecule has 6 nitrogen and oxygen atoms in total. The number of hydrogen-bond acceptors (Lipinski definition) is 4. The maximum absolute atomic E-state index is 9.55. The number of rotatable bonds is 4. The van der Waals surface area contributed by atoms with Gasteiger partial charge < -0.3 is 20.4 Å². The minimum atomic E-state index is -1.26. The van der Waals surface area contributed by atoms with Gasteiger partial charge in [-0.2, -0.15) is 0 Å². The van der Waals surface area contributed by atoms with E-state index in [1.807, 2.05) is 0 Å². The minimum Gasteiger partial charge on any atom is -0.478 e. The lowest BCUT2D eigenvalue weighted by Gasteiger charge is -2.26. The fraction of sp³-hybridized carbons (Fsp3) is 0.636. The molecule has 1 fully saturated rings. The van der Waals surface area contributed by atoms with Crippen LogP contribution in [0.4, 0.5) is 0 Å². The second-order valence-electron chi connectivity index (χ2n) is 3.60. The zero-order valence-corrected chi connectivity index (χ0v) is 10.1. The molecule has 0 unspecified atom stereocenters. The smallest absolute Gasteiger partial charge is 0.328 e. The molecule has 0 aliphatic carbocycles. The van der Waals surface area contributed by atoms with Gasteiger partial charge in [0.15, 0.2) is 0 Å². The van der Waals surface area contributed by atoms with Gasteiger partial charge in [-0.15, -0.1) is 0 Å². The number of piperazine rings is 1. The van der Waals surface area contributed by atoms with Crippen LogP contribution in [0.3, 0.4) is 0 Å². The van der Waals surface area contributed by atoms with E-state index < -0.39 is 11.9 Å². The van der Waals surface area contributed by atoms with Crippen LogP contribution in [-0.2, 0) is 9.59 Å². The largest absolute Gasteiger partial charge is 0.478 e. The quantitative estimate of drug-likeness (QED) is 0.604. The molecule has 1 heterocycles. The maximum Gasteiger partial charge on any atom is 0.328 e. The first-order valence-electron chi connectivity index (χ1n) is 5.63. The number of carboxylic acids is 2. The molecule has 0 bridgehead atoms. The van der Waals surface area contributed by atoms with E-state index >= 15 is 0 Å². The number of carbonyl (C=O) groups is 2. The summed E-state index contributed by atoms with van der Waals surface area (Å²) in [7, 11) is 0. The first kappa shape index (κ1) is 15.6. The number of nitrogens with zero attached hydrogens (tertiary/aromatic N) is 1. The summed E-state index contributed by atoms with van der Waals surface area (Å²) >= 11 is 0. The van der Waals surface area contributed by atoms with Crippen molar-refractivity contribution < 1.29 is 19.8 Å². The van der Waals surface area contributed by atoms with Crippen LogP contribution in [0.15, 0.2) is 12.2 Å². The van der Waals surface area contributed by atoms with Crippen LogP contribution in [0, 0.1) is 0 Å². The van der Waals surface area contributed by atoms with Gasteiger partial charge in [-0.25, -0.2) is 9.59 Å². The molecule has 1 aliphatic heterocycles. The molecule has 0 atom stereocenters. The highest BCUT2D eigenvalue weighted by molar-refractivity contribution is 5.89. The molecule has 17 heavy (non-hydrogen) atoms. The summed E-state index contributed by atoms with van der Waals surface area (Å²) < 4.78 is 0. The molecule has 0 amide bonds. The Morgan fingerprint density at radius 3 is 2.00 bits per heavy atom. The van der Waals surface area contributed by atoms with Crippen molar-refractivity contribution in [2.45, 2.75) is 13.3 Å². The van der Waals surface area contributed by atoms with Crippen LogP contribution in [0.5, 0.6) is 0 Å². The molecule has 1 saturated heterocycles. The summed E-state index contributed by atoms with van der Waals surface area (Å²) in [6.45, 7) is 8.37. The Kier molecular flexibility index (Phi) is 8.99. The molecule has 6 heteroatoms. The number of nitrogens with one attached hydrogen (secondary N) is 1. The van der Waals surface area contributed by atoms with Crippen LogP contribution in [0.2, 0.25) is 0 Å². The molecule has 1 rings (SSSR count). The van der Waals surface area contributed by atoms with Crippen LogP contribution < -0.4 is 5.32 Å². The van der Waals surface area contributed by atoms with E-state index in [0.717, 1.165) is 0 Å². The predicted octanol–water partition coefficient (Wildman–Crippen LogP) is 0.0134. The third kappa shape index (κ3) is 10.9. The first-order valence-corrected chi connectivity index (χ1v) is 5.63. The van der Waals surface area contributed by atoms with Crippen molar-refractivity contribution in [3.8, 4) is 0 Å². The van der Waals surface area contributed by atoms with Crippen LogP contribution in [-0.4, -0.2) is 59.8 Å². The van der Waals surface area contributed by atoms with Crippen molar-refractivity contribution in [1.29, 1.82) is 0 Å². The number of aliphatic carboxylic acids is 2. The van der Waals surface area contributed by atoms with Crippen molar-refractivity contribution in [2.24, 2.45) is 0 Å². The minimum absolute atomic E-state index is 0.558. The first-order chi connectivity index (χ1) is 8.06. The van der Waals surface area contributed by atoms with E-state index in [0.29, 0.717) is 12.2 Å². The van der Waals surface area contributed by atoms with Crippen molar-refractivity contribution in [2.75, 3.05) is 32.7 Å². The maximum atomic E-state index is 9.55. The average molecular weight is 244 g/mol. The topological polar surface area (TPSA) is 89.9 Å². The summed E-state index contributed by atoms with van der Waals surface area (Å²) in [5.74, 6) is -2.51. The molecule has 0 radical (unpaired) electrons. The Labute approximate surface area is 101 Å². The van der Waals surface area contributed by atoms with Gasteiger partial charge in [0.25, 0.3) is 0 Å². The van der Waals surface area contributed by atoms with Gasteiger partial charge in [0.1, 0.15) is 0 Å². The lowest BCUT2D eigenvalue weighted by molar-refractivity contribution is -0.134. The lowest BCUT2D eigenvalue weighted by Crippen LogP contribution is -2.43. The van der Waals surface area contributed by atoms with E-state index in [2.05, 4.69) is 17.1 Å². The van der Waals surface area contributed by atoms with Gasteiger partial charge in [0, 0.05) is 38.3 Å². The number of hydrogen-bond donors (Lipinski definition) is 3. The zero-order chi connectivity index (χ0) is 13.1. The normalized spacial score (nSPS) is 16.3. The van der Waals surface area contributed by atoms with E-state index in [-0.39, 0.29) is 0 Å². The van der Waals surface area contributed by atoms with Gasteiger partial charge in [-0.05, 0) is 13.0 Å². The van der Waals surface area contributed by atoms with Crippen molar-refractivity contribution in [1.82, 2.24) is 10.2 Å². The average Bonchev–Trinajstić information content (AvgIpc) is 2.29. The van der Waals surface area contributed by atoms with Gasteiger partial charge >= 0.3 is 11.9 Å². The monoisotopic (exact) mass is 244 g/mol. The van der Waals surface area contributed by atoms with E-state index in [4.69, 9.17) is 10.2 Å². The third-order valence-electron chi connectivity index (χ3n) is 2.12. The van der Waals surface area contributed by atoms with Crippen molar-refractivity contribution in [3.63, 3.8) is 0 Å². The highest BCUT2D eigenvalue weighted by Gasteiger charge is 2.06. The Hall–Kier alpha value is -1.40. The molecule has 3 N–H and O–H groups in total. The Morgan fingerprint density at radius 1 is 1.18 bits per heavy atom. The van der Waals surface area contributed by atoms with E-state index in [1.165, 1.54) is 39.1 Å². The fourth-order valence-corrected chi connectivity index (χ4v) is 1.39. The molecule has 0 aromatic carbocycles. The molecule has 0 aromatic rings. The van der Waals surface area contributed by atoms with Gasteiger partial charge in [0.2, 0.25) is 0 Å². The molecular formula is C11H20N2O4. The standard InChI is InChI=1S/C7H16N2.C4H4O4/c1-2-5-9-6-3-8-4-7-9;5-3(6)1-2-4(7)8/h8H,2-7H2,1H3;1-2H,(H,5,6)(H,7,8). The Morgan fingerprint density at radius 2 is 1.65 bits per heavy atom.